The van der Waals surface area contributed by atoms with Crippen molar-refractivity contribution in [2.45, 2.75) is 20.4 Å². The molecule has 0 bridgehead atoms. The summed E-state index contributed by atoms with van der Waals surface area (Å²) >= 11 is 13.6. The van der Waals surface area contributed by atoms with Gasteiger partial charge in [0.05, 0.1) is 6.54 Å². The van der Waals surface area contributed by atoms with Crippen LogP contribution in [-0.2, 0) is 6.54 Å². The van der Waals surface area contributed by atoms with Crippen molar-refractivity contribution < 1.29 is 0 Å². The summed E-state index contributed by atoms with van der Waals surface area (Å²) in [5.74, 6) is 0.856. The first-order chi connectivity index (χ1) is 11.6. The highest BCUT2D eigenvalue weighted by Crippen LogP contribution is 2.24. The lowest BCUT2D eigenvalue weighted by Gasteiger charge is -2.15. The smallest absolute Gasteiger partial charge is 0.235 e. The predicted molar refractivity (Wildman–Crippen MR) is 101 cm³/mol. The summed E-state index contributed by atoms with van der Waals surface area (Å²) in [6.45, 7) is 6.94. The van der Waals surface area contributed by atoms with Crippen LogP contribution in [0, 0.1) is 0 Å². The minimum Gasteiger partial charge on any atom is -0.296 e. The first-order valence-corrected chi connectivity index (χ1v) is 9.24. The Morgan fingerprint density at radius 3 is 2.67 bits per heavy atom. The molecule has 5 nitrogen and oxygen atoms in total. The van der Waals surface area contributed by atoms with E-state index in [0.717, 1.165) is 41.0 Å². The predicted octanol–water partition coefficient (Wildman–Crippen LogP) is 4.50. The summed E-state index contributed by atoms with van der Waals surface area (Å²) in [6.07, 6.45) is 3.85. The minimum atomic E-state index is 0.615. The number of benzene rings is 1. The van der Waals surface area contributed by atoms with Gasteiger partial charge in [-0.3, -0.25) is 4.90 Å². The van der Waals surface area contributed by atoms with Crippen molar-refractivity contribution in [1.82, 2.24) is 24.7 Å². The van der Waals surface area contributed by atoms with Gasteiger partial charge in [0, 0.05) is 10.0 Å². The Balaban J connectivity index is 1.83. The Morgan fingerprint density at radius 1 is 1.17 bits per heavy atom. The first kappa shape index (κ1) is 17.4. The van der Waals surface area contributed by atoms with Gasteiger partial charge in [0.15, 0.2) is 5.82 Å². The van der Waals surface area contributed by atoms with E-state index in [0.29, 0.717) is 10.0 Å². The molecule has 2 aromatic heterocycles. The van der Waals surface area contributed by atoms with Gasteiger partial charge in [-0.05, 0) is 36.9 Å². The Morgan fingerprint density at radius 2 is 1.96 bits per heavy atom. The van der Waals surface area contributed by atoms with Crippen molar-refractivity contribution in [3.05, 3.63) is 44.6 Å². The number of fused-ring (bicyclic) bond motifs is 1. The van der Waals surface area contributed by atoms with Crippen LogP contribution in [0.3, 0.4) is 0 Å². The largest absolute Gasteiger partial charge is 0.296 e. The molecule has 0 amide bonds. The molecule has 0 fully saturated rings. The maximum atomic E-state index is 6.18. The maximum Gasteiger partial charge on any atom is 0.235 e. The van der Waals surface area contributed by atoms with E-state index in [1.54, 1.807) is 6.07 Å². The molecule has 3 rings (SSSR count). The second-order valence-corrected chi connectivity index (χ2v) is 7.04. The molecule has 0 saturated heterocycles. The van der Waals surface area contributed by atoms with Gasteiger partial charge in [0.2, 0.25) is 4.96 Å². The molecule has 1 aromatic carbocycles. The highest BCUT2D eigenvalue weighted by Gasteiger charge is 2.12. The lowest BCUT2D eigenvalue weighted by Crippen LogP contribution is -2.23. The van der Waals surface area contributed by atoms with Crippen LogP contribution in [0.4, 0.5) is 0 Å². The second kappa shape index (κ2) is 7.61. The fraction of sp³-hybridized carbons (Fsp3) is 0.312. The van der Waals surface area contributed by atoms with Gasteiger partial charge in [0.25, 0.3) is 0 Å². The Kier molecular flexibility index (Phi) is 5.50. The van der Waals surface area contributed by atoms with Gasteiger partial charge in [-0.1, -0.05) is 60.5 Å². The van der Waals surface area contributed by atoms with Gasteiger partial charge in [-0.15, -0.1) is 10.2 Å². The molecule has 8 heteroatoms. The molecular formula is C16H17Cl2N5S. The molecule has 0 N–H and O–H groups in total. The number of nitrogens with zero attached hydrogens (tertiary/aromatic N) is 5. The molecule has 2 heterocycles. The average Bonchev–Trinajstić information content (AvgIpc) is 3.12. The summed E-state index contributed by atoms with van der Waals surface area (Å²) in [5.41, 5.74) is 0.899. The van der Waals surface area contributed by atoms with Crippen LogP contribution in [0.1, 0.15) is 30.2 Å². The van der Waals surface area contributed by atoms with Crippen LogP contribution in [0.15, 0.2) is 18.2 Å². The molecule has 0 aliphatic carbocycles. The molecule has 0 aliphatic rings. The zero-order valence-corrected chi connectivity index (χ0v) is 15.7. The van der Waals surface area contributed by atoms with E-state index in [2.05, 4.69) is 34.0 Å². The highest BCUT2D eigenvalue weighted by atomic mass is 35.5. The minimum absolute atomic E-state index is 0.615. The van der Waals surface area contributed by atoms with E-state index in [-0.39, 0.29) is 0 Å². The normalized spacial score (nSPS) is 12.0. The average molecular weight is 382 g/mol. The molecule has 0 aliphatic heterocycles. The van der Waals surface area contributed by atoms with Gasteiger partial charge in [0.1, 0.15) is 5.01 Å². The Labute approximate surface area is 154 Å². The Hall–Kier alpha value is -1.47. The van der Waals surface area contributed by atoms with Crippen molar-refractivity contribution in [3.8, 4) is 0 Å². The topological polar surface area (TPSA) is 46.3 Å². The summed E-state index contributed by atoms with van der Waals surface area (Å²) in [4.78, 5) is 3.07. The lowest BCUT2D eigenvalue weighted by molar-refractivity contribution is 0.286. The lowest BCUT2D eigenvalue weighted by atomic mass is 10.2. The van der Waals surface area contributed by atoms with Crippen molar-refractivity contribution >= 4 is 51.7 Å². The number of rotatable bonds is 6. The van der Waals surface area contributed by atoms with E-state index in [1.165, 1.54) is 11.3 Å². The van der Waals surface area contributed by atoms with Crippen LogP contribution in [0.25, 0.3) is 17.1 Å². The molecular weight excluding hydrogens is 365 g/mol. The molecule has 0 atom stereocenters. The number of hydrogen-bond donors (Lipinski definition) is 0. The molecule has 0 spiro atoms. The quantitative estimate of drug-likeness (QED) is 0.630. The molecule has 0 radical (unpaired) electrons. The Bertz CT molecular complexity index is 867. The molecule has 24 heavy (non-hydrogen) atoms. The fourth-order valence-corrected chi connectivity index (χ4v) is 3.51. The third kappa shape index (κ3) is 3.78. The van der Waals surface area contributed by atoms with E-state index in [1.807, 2.05) is 28.8 Å². The molecule has 0 unspecified atom stereocenters. The van der Waals surface area contributed by atoms with Crippen molar-refractivity contribution in [2.24, 2.45) is 0 Å². The monoisotopic (exact) mass is 381 g/mol. The van der Waals surface area contributed by atoms with Crippen LogP contribution in [-0.4, -0.2) is 37.8 Å². The van der Waals surface area contributed by atoms with Crippen LogP contribution in [0.2, 0.25) is 10.0 Å². The highest BCUT2D eigenvalue weighted by molar-refractivity contribution is 7.17. The van der Waals surface area contributed by atoms with Crippen molar-refractivity contribution in [3.63, 3.8) is 0 Å². The standard InChI is InChI=1S/C16H17Cl2N5S/c1-3-22(4-2)10-14-19-20-16-23(14)21-15(24-16)8-6-11-5-7-12(17)9-13(11)18/h5-9H,3-4,10H2,1-2H3. The van der Waals surface area contributed by atoms with E-state index < -0.39 is 0 Å². The second-order valence-electron chi connectivity index (χ2n) is 5.21. The molecule has 126 valence electrons. The number of hydrogen-bond acceptors (Lipinski definition) is 5. The maximum absolute atomic E-state index is 6.18. The molecule has 0 saturated carbocycles. The van der Waals surface area contributed by atoms with Crippen LogP contribution < -0.4 is 0 Å². The van der Waals surface area contributed by atoms with Crippen LogP contribution in [0.5, 0.6) is 0 Å². The van der Waals surface area contributed by atoms with Gasteiger partial charge in [-0.25, -0.2) is 0 Å². The third-order valence-electron chi connectivity index (χ3n) is 3.70. The summed E-state index contributed by atoms with van der Waals surface area (Å²) in [5, 5.41) is 15.1. The summed E-state index contributed by atoms with van der Waals surface area (Å²) < 4.78 is 1.81. The van der Waals surface area contributed by atoms with E-state index in [4.69, 9.17) is 23.2 Å². The van der Waals surface area contributed by atoms with Gasteiger partial charge in [-0.2, -0.15) is 9.61 Å². The van der Waals surface area contributed by atoms with Crippen molar-refractivity contribution in [1.29, 1.82) is 0 Å². The first-order valence-electron chi connectivity index (χ1n) is 7.67. The number of aromatic nitrogens is 4. The van der Waals surface area contributed by atoms with E-state index >= 15 is 0 Å². The SMILES string of the molecule is CCN(CC)Cc1nnc2sc(C=Cc3ccc(Cl)cc3Cl)nn12. The van der Waals surface area contributed by atoms with E-state index in [9.17, 15) is 0 Å². The summed E-state index contributed by atoms with van der Waals surface area (Å²) in [7, 11) is 0. The summed E-state index contributed by atoms with van der Waals surface area (Å²) in [6, 6.07) is 5.42. The van der Waals surface area contributed by atoms with Crippen molar-refractivity contribution in [2.75, 3.05) is 13.1 Å². The zero-order chi connectivity index (χ0) is 17.1. The van der Waals surface area contributed by atoms with Gasteiger partial charge >= 0.3 is 0 Å². The fourth-order valence-electron chi connectivity index (χ4n) is 2.28. The number of halogens is 2. The van der Waals surface area contributed by atoms with Gasteiger partial charge < -0.3 is 0 Å². The van der Waals surface area contributed by atoms with Crippen LogP contribution >= 0.6 is 34.5 Å². The third-order valence-corrected chi connectivity index (χ3v) is 5.12. The zero-order valence-electron chi connectivity index (χ0n) is 13.4. The molecule has 3 aromatic rings.